The van der Waals surface area contributed by atoms with Gasteiger partial charge in [0, 0.05) is 18.2 Å². The van der Waals surface area contributed by atoms with E-state index in [1.807, 2.05) is 13.3 Å². The molecular weight excluding hydrogens is 253 g/mol. The molecule has 1 heterocycles. The van der Waals surface area contributed by atoms with Gasteiger partial charge in [0.2, 0.25) is 0 Å². The lowest BCUT2D eigenvalue weighted by atomic mass is 9.95. The molecule has 0 amide bonds. The number of benzene rings is 1. The number of hydrogen-bond donors (Lipinski definition) is 1. The Hall–Kier alpha value is -1.68. The molecule has 1 fully saturated rings. The Morgan fingerprint density at radius 1 is 1.15 bits per heavy atom. The van der Waals surface area contributed by atoms with Crippen molar-refractivity contribution in [3.05, 3.63) is 42.0 Å². The molecular formula is C16H21FN3+. The molecule has 1 aliphatic heterocycles. The fourth-order valence-electron chi connectivity index (χ4n) is 2.96. The number of halogens is 1. The fraction of sp³-hybridized carbons (Fsp3) is 0.438. The summed E-state index contributed by atoms with van der Waals surface area (Å²) in [5, 5.41) is 8.13. The van der Waals surface area contributed by atoms with Gasteiger partial charge in [-0.15, -0.1) is 4.59 Å². The molecule has 106 valence electrons. The van der Waals surface area contributed by atoms with E-state index in [0.29, 0.717) is 10.6 Å². The first-order chi connectivity index (χ1) is 9.66. The molecule has 0 bridgehead atoms. The quantitative estimate of drug-likeness (QED) is 0.838. The van der Waals surface area contributed by atoms with Gasteiger partial charge in [-0.25, -0.2) is 4.39 Å². The maximum Gasteiger partial charge on any atom is 0.164 e. The highest BCUT2D eigenvalue weighted by Gasteiger charge is 2.29. The maximum atomic E-state index is 13.0. The van der Waals surface area contributed by atoms with Crippen LogP contribution in [0.2, 0.25) is 0 Å². The molecule has 0 spiro atoms. The summed E-state index contributed by atoms with van der Waals surface area (Å²) < 4.78 is 13.4. The summed E-state index contributed by atoms with van der Waals surface area (Å²) in [6.45, 7) is 0. The molecule has 4 heteroatoms. The summed E-state index contributed by atoms with van der Waals surface area (Å²) in [6.07, 6.45) is 10.4. The SMILES string of the molecule is C[N+]1(c2ccc(F)cc2)C=C(NC2CCCCC2)C=N1. The Labute approximate surface area is 119 Å². The second kappa shape index (κ2) is 5.37. The van der Waals surface area contributed by atoms with Gasteiger partial charge < -0.3 is 5.32 Å². The Bertz CT molecular complexity index is 529. The van der Waals surface area contributed by atoms with Gasteiger partial charge in [-0.05, 0) is 25.0 Å². The first kappa shape index (κ1) is 13.3. The number of nitrogens with one attached hydrogen (secondary N) is 1. The first-order valence-electron chi connectivity index (χ1n) is 7.33. The number of rotatable bonds is 3. The van der Waals surface area contributed by atoms with Crippen molar-refractivity contribution in [3.8, 4) is 0 Å². The molecule has 1 aromatic rings. The molecule has 0 saturated heterocycles. The molecule has 1 unspecified atom stereocenters. The standard InChI is InChI=1S/C16H21FN3/c1-20(16-9-7-13(17)8-10-16)12-15(11-18-20)19-14-5-3-2-4-6-14/h7-12,14,19H,2-6H2,1H3/q+1. The van der Waals surface area contributed by atoms with E-state index in [9.17, 15) is 4.39 Å². The second-order valence-electron chi connectivity index (χ2n) is 5.81. The highest BCUT2D eigenvalue weighted by molar-refractivity contribution is 5.81. The fourth-order valence-corrected chi connectivity index (χ4v) is 2.96. The van der Waals surface area contributed by atoms with Gasteiger partial charge in [-0.2, -0.15) is 0 Å². The van der Waals surface area contributed by atoms with E-state index in [1.54, 1.807) is 12.1 Å². The largest absolute Gasteiger partial charge is 0.377 e. The van der Waals surface area contributed by atoms with Crippen LogP contribution in [0.15, 0.2) is 41.3 Å². The van der Waals surface area contributed by atoms with Gasteiger partial charge in [0.25, 0.3) is 0 Å². The van der Waals surface area contributed by atoms with Crippen LogP contribution in [0.1, 0.15) is 32.1 Å². The zero-order chi connectivity index (χ0) is 14.0. The van der Waals surface area contributed by atoms with Crippen LogP contribution in [-0.4, -0.2) is 19.3 Å². The van der Waals surface area contributed by atoms with Gasteiger partial charge in [0.15, 0.2) is 11.9 Å². The molecule has 3 nitrogen and oxygen atoms in total. The maximum absolute atomic E-state index is 13.0. The van der Waals surface area contributed by atoms with Crippen LogP contribution in [0.25, 0.3) is 0 Å². The summed E-state index contributed by atoms with van der Waals surface area (Å²) in [5.41, 5.74) is 2.03. The van der Waals surface area contributed by atoms with Gasteiger partial charge >= 0.3 is 0 Å². The molecule has 1 aromatic carbocycles. The Morgan fingerprint density at radius 3 is 2.55 bits per heavy atom. The van der Waals surface area contributed by atoms with Crippen LogP contribution in [0, 0.1) is 5.82 Å². The molecule has 1 aliphatic carbocycles. The van der Waals surface area contributed by atoms with E-state index in [1.165, 1.54) is 44.2 Å². The molecule has 1 atom stereocenters. The molecule has 0 aromatic heterocycles. The van der Waals surface area contributed by atoms with Crippen molar-refractivity contribution in [2.24, 2.45) is 5.10 Å². The predicted octanol–water partition coefficient (Wildman–Crippen LogP) is 3.53. The van der Waals surface area contributed by atoms with Crippen LogP contribution < -0.4 is 9.91 Å². The Kier molecular flexibility index (Phi) is 3.57. The summed E-state index contributed by atoms with van der Waals surface area (Å²) in [5.74, 6) is -0.215. The molecule has 3 rings (SSSR count). The van der Waals surface area contributed by atoms with Gasteiger partial charge in [-0.1, -0.05) is 24.4 Å². The molecule has 1 N–H and O–H groups in total. The van der Waals surface area contributed by atoms with Crippen molar-refractivity contribution in [3.63, 3.8) is 0 Å². The van der Waals surface area contributed by atoms with Gasteiger partial charge in [0.1, 0.15) is 24.8 Å². The van der Waals surface area contributed by atoms with Gasteiger partial charge in [0.05, 0.1) is 0 Å². The van der Waals surface area contributed by atoms with E-state index in [0.717, 1.165) is 11.4 Å². The topological polar surface area (TPSA) is 24.4 Å². The van der Waals surface area contributed by atoms with Crippen molar-refractivity contribution in [1.82, 2.24) is 9.91 Å². The lowest BCUT2D eigenvalue weighted by Crippen LogP contribution is -2.33. The average molecular weight is 274 g/mol. The summed E-state index contributed by atoms with van der Waals surface area (Å²) in [7, 11) is 2.00. The van der Waals surface area contributed by atoms with Crippen molar-refractivity contribution >= 4 is 11.9 Å². The van der Waals surface area contributed by atoms with Crippen molar-refractivity contribution in [1.29, 1.82) is 0 Å². The van der Waals surface area contributed by atoms with Crippen LogP contribution in [-0.2, 0) is 0 Å². The average Bonchev–Trinajstić information content (AvgIpc) is 2.83. The number of hydrogen-bond acceptors (Lipinski definition) is 2. The Morgan fingerprint density at radius 2 is 1.85 bits per heavy atom. The third-order valence-corrected chi connectivity index (χ3v) is 4.15. The molecule has 1 saturated carbocycles. The molecule has 0 radical (unpaired) electrons. The van der Waals surface area contributed by atoms with E-state index in [4.69, 9.17) is 0 Å². The van der Waals surface area contributed by atoms with E-state index in [2.05, 4.69) is 16.6 Å². The summed E-state index contributed by atoms with van der Waals surface area (Å²) >= 11 is 0. The zero-order valence-electron chi connectivity index (χ0n) is 11.8. The minimum absolute atomic E-state index is 0.215. The zero-order valence-corrected chi connectivity index (χ0v) is 11.8. The van der Waals surface area contributed by atoms with Gasteiger partial charge in [-0.3, -0.25) is 0 Å². The number of quaternary nitrogens is 1. The third kappa shape index (κ3) is 2.75. The van der Waals surface area contributed by atoms with Crippen LogP contribution in [0.4, 0.5) is 10.1 Å². The lowest BCUT2D eigenvalue weighted by Gasteiger charge is -2.23. The van der Waals surface area contributed by atoms with E-state index >= 15 is 0 Å². The van der Waals surface area contributed by atoms with E-state index < -0.39 is 0 Å². The molecule has 20 heavy (non-hydrogen) atoms. The normalized spacial score (nSPS) is 26.6. The summed E-state index contributed by atoms with van der Waals surface area (Å²) in [4.78, 5) is 0. The highest BCUT2D eigenvalue weighted by Crippen LogP contribution is 2.27. The van der Waals surface area contributed by atoms with Crippen molar-refractivity contribution in [2.45, 2.75) is 38.1 Å². The van der Waals surface area contributed by atoms with Crippen molar-refractivity contribution in [2.75, 3.05) is 7.05 Å². The number of allylic oxidation sites excluding steroid dienone is 1. The molecule has 2 aliphatic rings. The number of nitrogens with zero attached hydrogens (tertiary/aromatic N) is 2. The van der Waals surface area contributed by atoms with E-state index in [-0.39, 0.29) is 5.82 Å². The minimum atomic E-state index is -0.215. The lowest BCUT2D eigenvalue weighted by molar-refractivity contribution is 0.399. The van der Waals surface area contributed by atoms with Crippen molar-refractivity contribution < 1.29 is 4.39 Å². The minimum Gasteiger partial charge on any atom is -0.377 e. The monoisotopic (exact) mass is 274 g/mol. The van der Waals surface area contributed by atoms with Crippen LogP contribution in [0.3, 0.4) is 0 Å². The highest BCUT2D eigenvalue weighted by atomic mass is 19.1. The Balaban J connectivity index is 1.73. The first-order valence-corrected chi connectivity index (χ1v) is 7.33. The van der Waals surface area contributed by atoms with Crippen LogP contribution >= 0.6 is 0 Å². The second-order valence-corrected chi connectivity index (χ2v) is 5.81. The predicted molar refractivity (Wildman–Crippen MR) is 80.7 cm³/mol. The van der Waals surface area contributed by atoms with Crippen LogP contribution in [0.5, 0.6) is 0 Å². The smallest absolute Gasteiger partial charge is 0.164 e. The summed E-state index contributed by atoms with van der Waals surface area (Å²) in [6, 6.07) is 7.10. The third-order valence-electron chi connectivity index (χ3n) is 4.15.